The summed E-state index contributed by atoms with van der Waals surface area (Å²) >= 11 is 5.27. The number of aromatic amines is 1. The summed E-state index contributed by atoms with van der Waals surface area (Å²) in [6.07, 6.45) is 1.77. The molecule has 0 aliphatic rings. The lowest BCUT2D eigenvalue weighted by molar-refractivity contribution is 0.731. The molecule has 0 bridgehead atoms. The number of hydrogen-bond donors (Lipinski definition) is 1. The molecule has 6 nitrogen and oxygen atoms in total. The van der Waals surface area contributed by atoms with E-state index in [1.54, 1.807) is 10.9 Å². The highest BCUT2D eigenvalue weighted by molar-refractivity contribution is 7.71. The first kappa shape index (κ1) is 14.4. The Kier molecular flexibility index (Phi) is 3.72. The van der Waals surface area contributed by atoms with E-state index in [9.17, 15) is 0 Å². The van der Waals surface area contributed by atoms with Crippen LogP contribution in [-0.4, -0.2) is 30.9 Å². The standard InChI is InChI=1S/C15H16N6S/c1-10-13(11(2)20(3)19-10)9-16-21-14(17-18-15(21)22)12-7-5-4-6-8-12/h4-9H,1-3H3,(H,18,22)/b16-9+. The van der Waals surface area contributed by atoms with Crippen LogP contribution < -0.4 is 0 Å². The number of aromatic nitrogens is 5. The van der Waals surface area contributed by atoms with Gasteiger partial charge < -0.3 is 0 Å². The van der Waals surface area contributed by atoms with E-state index in [1.807, 2.05) is 55.9 Å². The molecule has 0 radical (unpaired) electrons. The highest BCUT2D eigenvalue weighted by atomic mass is 32.1. The van der Waals surface area contributed by atoms with Crippen LogP contribution in [0.3, 0.4) is 0 Å². The predicted molar refractivity (Wildman–Crippen MR) is 88.5 cm³/mol. The summed E-state index contributed by atoms with van der Waals surface area (Å²) in [5, 5.41) is 15.9. The van der Waals surface area contributed by atoms with E-state index in [1.165, 1.54) is 0 Å². The molecule has 1 N–H and O–H groups in total. The second-order valence-electron chi connectivity index (χ2n) is 4.98. The van der Waals surface area contributed by atoms with Crippen LogP contribution in [0.25, 0.3) is 11.4 Å². The van der Waals surface area contributed by atoms with Crippen LogP contribution in [-0.2, 0) is 7.05 Å². The van der Waals surface area contributed by atoms with Gasteiger partial charge in [0.15, 0.2) is 5.82 Å². The third-order valence-corrected chi connectivity index (χ3v) is 3.81. The first-order valence-corrected chi connectivity index (χ1v) is 7.26. The second-order valence-corrected chi connectivity index (χ2v) is 5.37. The van der Waals surface area contributed by atoms with Crippen LogP contribution in [0.5, 0.6) is 0 Å². The maximum Gasteiger partial charge on any atom is 0.216 e. The predicted octanol–water partition coefficient (Wildman–Crippen LogP) is 2.84. The van der Waals surface area contributed by atoms with Crippen molar-refractivity contribution in [2.45, 2.75) is 13.8 Å². The van der Waals surface area contributed by atoms with Crippen LogP contribution in [0, 0.1) is 18.6 Å². The maximum atomic E-state index is 5.27. The van der Waals surface area contributed by atoms with Crippen LogP contribution in [0.4, 0.5) is 0 Å². The average molecular weight is 312 g/mol. The molecule has 2 aromatic heterocycles. The van der Waals surface area contributed by atoms with Gasteiger partial charge in [0.1, 0.15) is 0 Å². The topological polar surface area (TPSA) is 63.8 Å². The molecule has 0 saturated carbocycles. The summed E-state index contributed by atoms with van der Waals surface area (Å²) in [7, 11) is 1.92. The van der Waals surface area contributed by atoms with Crippen molar-refractivity contribution < 1.29 is 0 Å². The molecular weight excluding hydrogens is 296 g/mol. The molecule has 0 spiro atoms. The molecule has 0 atom stereocenters. The Balaban J connectivity index is 2.05. The summed E-state index contributed by atoms with van der Waals surface area (Å²) in [6, 6.07) is 9.81. The lowest BCUT2D eigenvalue weighted by Gasteiger charge is -2.00. The molecular formula is C15H16N6S. The number of aryl methyl sites for hydroxylation is 2. The molecule has 7 heteroatoms. The lowest BCUT2D eigenvalue weighted by Crippen LogP contribution is -1.97. The quantitative estimate of drug-likeness (QED) is 0.597. The number of nitrogens with one attached hydrogen (secondary N) is 1. The average Bonchev–Trinajstić information content (AvgIpc) is 2.99. The Hall–Kier alpha value is -2.54. The molecule has 3 aromatic rings. The Morgan fingerprint density at radius 2 is 1.95 bits per heavy atom. The molecule has 3 rings (SSSR count). The molecule has 112 valence electrons. The fourth-order valence-corrected chi connectivity index (χ4v) is 2.44. The van der Waals surface area contributed by atoms with Crippen molar-refractivity contribution >= 4 is 18.4 Å². The van der Waals surface area contributed by atoms with E-state index in [4.69, 9.17) is 12.2 Å². The number of rotatable bonds is 3. The summed E-state index contributed by atoms with van der Waals surface area (Å²) in [6.45, 7) is 3.97. The van der Waals surface area contributed by atoms with E-state index in [2.05, 4.69) is 20.4 Å². The van der Waals surface area contributed by atoms with Gasteiger partial charge in [-0.25, -0.2) is 5.10 Å². The monoisotopic (exact) mass is 312 g/mol. The van der Waals surface area contributed by atoms with Crippen molar-refractivity contribution in [2.75, 3.05) is 0 Å². The van der Waals surface area contributed by atoms with E-state index in [0.29, 0.717) is 10.6 Å². The lowest BCUT2D eigenvalue weighted by atomic mass is 10.2. The Morgan fingerprint density at radius 1 is 1.23 bits per heavy atom. The summed E-state index contributed by atoms with van der Waals surface area (Å²) in [5.41, 5.74) is 3.92. The van der Waals surface area contributed by atoms with E-state index in [-0.39, 0.29) is 0 Å². The zero-order valence-corrected chi connectivity index (χ0v) is 13.4. The van der Waals surface area contributed by atoms with Gasteiger partial charge in [0.05, 0.1) is 11.9 Å². The zero-order chi connectivity index (χ0) is 15.7. The first-order valence-electron chi connectivity index (χ1n) is 6.85. The van der Waals surface area contributed by atoms with Gasteiger partial charge in [0, 0.05) is 23.9 Å². The molecule has 22 heavy (non-hydrogen) atoms. The number of H-pyrrole nitrogens is 1. The summed E-state index contributed by atoms with van der Waals surface area (Å²) < 4.78 is 3.91. The molecule has 2 heterocycles. The minimum atomic E-state index is 0.453. The molecule has 0 saturated heterocycles. The molecule has 0 aliphatic carbocycles. The largest absolute Gasteiger partial charge is 0.272 e. The van der Waals surface area contributed by atoms with Gasteiger partial charge in [0.2, 0.25) is 4.77 Å². The molecule has 1 aromatic carbocycles. The SMILES string of the molecule is Cc1nn(C)c(C)c1/C=N/n1c(-c2ccccc2)n[nH]c1=S. The minimum Gasteiger partial charge on any atom is -0.272 e. The molecule has 0 fully saturated rings. The van der Waals surface area contributed by atoms with Crippen molar-refractivity contribution in [1.29, 1.82) is 0 Å². The number of benzene rings is 1. The zero-order valence-electron chi connectivity index (χ0n) is 12.6. The van der Waals surface area contributed by atoms with Crippen molar-refractivity contribution in [3.8, 4) is 11.4 Å². The second kappa shape index (κ2) is 5.69. The van der Waals surface area contributed by atoms with Crippen molar-refractivity contribution in [3.05, 3.63) is 52.1 Å². The third kappa shape index (κ3) is 2.50. The molecule has 0 aliphatic heterocycles. The first-order chi connectivity index (χ1) is 10.6. The minimum absolute atomic E-state index is 0.453. The van der Waals surface area contributed by atoms with Gasteiger partial charge in [-0.1, -0.05) is 30.3 Å². The normalized spacial score (nSPS) is 11.4. The maximum absolute atomic E-state index is 5.27. The highest BCUT2D eigenvalue weighted by Crippen LogP contribution is 2.17. The van der Waals surface area contributed by atoms with E-state index < -0.39 is 0 Å². The van der Waals surface area contributed by atoms with Crippen molar-refractivity contribution in [1.82, 2.24) is 24.7 Å². The van der Waals surface area contributed by atoms with Gasteiger partial charge >= 0.3 is 0 Å². The Bertz CT molecular complexity index is 885. The van der Waals surface area contributed by atoms with E-state index in [0.717, 1.165) is 22.5 Å². The fraction of sp³-hybridized carbons (Fsp3) is 0.200. The number of hydrogen-bond acceptors (Lipinski definition) is 4. The molecule has 0 unspecified atom stereocenters. The summed E-state index contributed by atoms with van der Waals surface area (Å²) in [4.78, 5) is 0. The third-order valence-electron chi connectivity index (χ3n) is 3.55. The fourth-order valence-electron chi connectivity index (χ4n) is 2.27. The van der Waals surface area contributed by atoms with Gasteiger partial charge in [-0.05, 0) is 26.1 Å². The van der Waals surface area contributed by atoms with Gasteiger partial charge in [-0.2, -0.15) is 20.0 Å². The van der Waals surface area contributed by atoms with Crippen LogP contribution in [0.2, 0.25) is 0 Å². The molecule has 0 amide bonds. The Labute approximate surface area is 133 Å². The van der Waals surface area contributed by atoms with Crippen molar-refractivity contribution in [2.24, 2.45) is 12.1 Å². The van der Waals surface area contributed by atoms with Gasteiger partial charge in [0.25, 0.3) is 0 Å². The Morgan fingerprint density at radius 3 is 2.59 bits per heavy atom. The van der Waals surface area contributed by atoms with Crippen LogP contribution in [0.15, 0.2) is 35.4 Å². The smallest absolute Gasteiger partial charge is 0.216 e. The van der Waals surface area contributed by atoms with Gasteiger partial charge in [-0.15, -0.1) is 0 Å². The highest BCUT2D eigenvalue weighted by Gasteiger charge is 2.09. The van der Waals surface area contributed by atoms with Crippen LogP contribution in [0.1, 0.15) is 17.0 Å². The summed E-state index contributed by atoms with van der Waals surface area (Å²) in [5.74, 6) is 0.682. The number of nitrogens with zero attached hydrogens (tertiary/aromatic N) is 5. The van der Waals surface area contributed by atoms with E-state index >= 15 is 0 Å². The van der Waals surface area contributed by atoms with Crippen LogP contribution >= 0.6 is 12.2 Å². The van der Waals surface area contributed by atoms with Crippen molar-refractivity contribution in [3.63, 3.8) is 0 Å². The van der Waals surface area contributed by atoms with Gasteiger partial charge in [-0.3, -0.25) is 4.68 Å².